The zero-order valence-electron chi connectivity index (χ0n) is 15.9. The number of esters is 1. The van der Waals surface area contributed by atoms with Gasteiger partial charge in [-0.3, -0.25) is 0 Å². The molecule has 0 fully saturated rings. The van der Waals surface area contributed by atoms with Crippen LogP contribution < -0.4 is 4.74 Å². The van der Waals surface area contributed by atoms with Gasteiger partial charge in [-0.05, 0) is 49.0 Å². The summed E-state index contributed by atoms with van der Waals surface area (Å²) in [4.78, 5) is 11.4. The van der Waals surface area contributed by atoms with Crippen molar-refractivity contribution in [2.45, 2.75) is 32.6 Å². The summed E-state index contributed by atoms with van der Waals surface area (Å²) in [5, 5.41) is 0. The SMILES string of the molecule is C=C(C)C(=O)OCCCOc1cccc2c1CCCC(c1ccccc1)=C2. The van der Waals surface area contributed by atoms with E-state index in [9.17, 15) is 4.79 Å². The van der Waals surface area contributed by atoms with Crippen molar-refractivity contribution >= 4 is 17.6 Å². The number of rotatable bonds is 7. The van der Waals surface area contributed by atoms with Gasteiger partial charge in [0.2, 0.25) is 0 Å². The first kappa shape index (κ1) is 19.0. The van der Waals surface area contributed by atoms with Crippen molar-refractivity contribution in [2.24, 2.45) is 0 Å². The van der Waals surface area contributed by atoms with Gasteiger partial charge in [0, 0.05) is 17.6 Å². The van der Waals surface area contributed by atoms with Gasteiger partial charge in [0.1, 0.15) is 5.75 Å². The Balaban J connectivity index is 1.65. The number of allylic oxidation sites excluding steroid dienone is 1. The van der Waals surface area contributed by atoms with Crippen LogP contribution in [0.25, 0.3) is 11.6 Å². The fraction of sp³-hybridized carbons (Fsp3) is 0.292. The van der Waals surface area contributed by atoms with Gasteiger partial charge in [0.25, 0.3) is 0 Å². The highest BCUT2D eigenvalue weighted by Gasteiger charge is 2.14. The Hall–Kier alpha value is -2.81. The maximum absolute atomic E-state index is 11.4. The van der Waals surface area contributed by atoms with Crippen LogP contribution in [0.5, 0.6) is 5.75 Å². The molecule has 0 N–H and O–H groups in total. The molecule has 140 valence electrons. The van der Waals surface area contributed by atoms with Crippen LogP contribution in [0, 0.1) is 0 Å². The monoisotopic (exact) mass is 362 g/mol. The summed E-state index contributed by atoms with van der Waals surface area (Å²) in [5.74, 6) is 0.589. The second-order valence-corrected chi connectivity index (χ2v) is 6.83. The summed E-state index contributed by atoms with van der Waals surface area (Å²) in [6.45, 7) is 6.09. The van der Waals surface area contributed by atoms with Crippen molar-refractivity contribution in [3.8, 4) is 5.75 Å². The van der Waals surface area contributed by atoms with Crippen molar-refractivity contribution in [1.82, 2.24) is 0 Å². The van der Waals surface area contributed by atoms with E-state index >= 15 is 0 Å². The largest absolute Gasteiger partial charge is 0.493 e. The zero-order valence-corrected chi connectivity index (χ0v) is 15.9. The average Bonchev–Trinajstić information content (AvgIpc) is 2.91. The minimum Gasteiger partial charge on any atom is -0.493 e. The second kappa shape index (κ2) is 9.22. The fourth-order valence-corrected chi connectivity index (χ4v) is 3.25. The highest BCUT2D eigenvalue weighted by molar-refractivity contribution is 5.87. The van der Waals surface area contributed by atoms with E-state index in [4.69, 9.17) is 9.47 Å². The van der Waals surface area contributed by atoms with E-state index in [1.165, 1.54) is 22.3 Å². The van der Waals surface area contributed by atoms with Crippen molar-refractivity contribution in [2.75, 3.05) is 13.2 Å². The molecule has 0 spiro atoms. The molecule has 0 saturated heterocycles. The smallest absolute Gasteiger partial charge is 0.333 e. The lowest BCUT2D eigenvalue weighted by molar-refractivity contribution is -0.139. The van der Waals surface area contributed by atoms with Crippen LogP contribution in [-0.4, -0.2) is 19.2 Å². The number of hydrogen-bond donors (Lipinski definition) is 0. The second-order valence-electron chi connectivity index (χ2n) is 6.83. The molecular formula is C24H26O3. The third-order valence-corrected chi connectivity index (χ3v) is 4.64. The van der Waals surface area contributed by atoms with Gasteiger partial charge in [0.05, 0.1) is 13.2 Å². The van der Waals surface area contributed by atoms with Gasteiger partial charge in [0.15, 0.2) is 0 Å². The minimum atomic E-state index is -0.345. The molecule has 2 aromatic carbocycles. The molecule has 0 aromatic heterocycles. The molecule has 0 heterocycles. The highest BCUT2D eigenvalue weighted by Crippen LogP contribution is 2.33. The topological polar surface area (TPSA) is 35.5 Å². The number of fused-ring (bicyclic) bond motifs is 1. The maximum Gasteiger partial charge on any atom is 0.333 e. The predicted molar refractivity (Wildman–Crippen MR) is 110 cm³/mol. The van der Waals surface area contributed by atoms with Crippen LogP contribution in [0.4, 0.5) is 0 Å². The predicted octanol–water partition coefficient (Wildman–Crippen LogP) is 5.45. The van der Waals surface area contributed by atoms with Crippen LogP contribution in [-0.2, 0) is 16.0 Å². The molecule has 0 unspecified atom stereocenters. The third kappa shape index (κ3) is 5.10. The van der Waals surface area contributed by atoms with Crippen LogP contribution >= 0.6 is 0 Å². The normalized spacial score (nSPS) is 13.1. The summed E-state index contributed by atoms with van der Waals surface area (Å²) in [7, 11) is 0. The summed E-state index contributed by atoms with van der Waals surface area (Å²) < 4.78 is 11.1. The molecular weight excluding hydrogens is 336 g/mol. The Morgan fingerprint density at radius 1 is 1.04 bits per heavy atom. The Labute approximate surface area is 161 Å². The van der Waals surface area contributed by atoms with Crippen molar-refractivity contribution in [3.63, 3.8) is 0 Å². The number of benzene rings is 2. The van der Waals surface area contributed by atoms with E-state index in [1.54, 1.807) is 6.92 Å². The van der Waals surface area contributed by atoms with Gasteiger partial charge >= 0.3 is 5.97 Å². The van der Waals surface area contributed by atoms with Crippen LogP contribution in [0.15, 0.2) is 60.7 Å². The van der Waals surface area contributed by atoms with Crippen LogP contribution in [0.2, 0.25) is 0 Å². The first-order chi connectivity index (χ1) is 13.1. The molecule has 1 aliphatic carbocycles. The van der Waals surface area contributed by atoms with E-state index in [-0.39, 0.29) is 5.97 Å². The number of carbonyl (C=O) groups is 1. The van der Waals surface area contributed by atoms with Crippen LogP contribution in [0.3, 0.4) is 0 Å². The molecule has 0 bridgehead atoms. The van der Waals surface area contributed by atoms with E-state index < -0.39 is 0 Å². The number of carbonyl (C=O) groups excluding carboxylic acids is 1. The van der Waals surface area contributed by atoms with E-state index in [1.807, 2.05) is 18.2 Å². The first-order valence-corrected chi connectivity index (χ1v) is 9.48. The van der Waals surface area contributed by atoms with Gasteiger partial charge in [-0.1, -0.05) is 55.1 Å². The van der Waals surface area contributed by atoms with Gasteiger partial charge in [-0.2, -0.15) is 0 Å². The van der Waals surface area contributed by atoms with Crippen molar-refractivity contribution in [3.05, 3.63) is 77.4 Å². The number of hydrogen-bond acceptors (Lipinski definition) is 3. The first-order valence-electron chi connectivity index (χ1n) is 9.48. The molecule has 0 atom stereocenters. The molecule has 0 amide bonds. The quantitative estimate of drug-likeness (QED) is 0.373. The molecule has 1 aliphatic rings. The lowest BCUT2D eigenvalue weighted by Crippen LogP contribution is -2.09. The summed E-state index contributed by atoms with van der Waals surface area (Å²) in [6.07, 6.45) is 6.12. The van der Waals surface area contributed by atoms with E-state index in [0.717, 1.165) is 25.0 Å². The zero-order chi connectivity index (χ0) is 19.1. The summed E-state index contributed by atoms with van der Waals surface area (Å²) in [5.41, 5.74) is 5.58. The molecule has 0 aliphatic heterocycles. The fourth-order valence-electron chi connectivity index (χ4n) is 3.25. The van der Waals surface area contributed by atoms with Crippen molar-refractivity contribution < 1.29 is 14.3 Å². The summed E-state index contributed by atoms with van der Waals surface area (Å²) >= 11 is 0. The lowest BCUT2D eigenvalue weighted by Gasteiger charge is -2.13. The van der Waals surface area contributed by atoms with Gasteiger partial charge < -0.3 is 9.47 Å². The number of ether oxygens (including phenoxy) is 2. The molecule has 27 heavy (non-hydrogen) atoms. The Bertz CT molecular complexity index is 834. The molecule has 0 saturated carbocycles. The molecule has 0 radical (unpaired) electrons. The molecule has 3 nitrogen and oxygen atoms in total. The Kier molecular flexibility index (Phi) is 6.48. The van der Waals surface area contributed by atoms with Gasteiger partial charge in [-0.15, -0.1) is 0 Å². The maximum atomic E-state index is 11.4. The van der Waals surface area contributed by atoms with Gasteiger partial charge in [-0.25, -0.2) is 4.79 Å². The molecule has 2 aromatic rings. The Morgan fingerprint density at radius 3 is 2.63 bits per heavy atom. The molecule has 3 rings (SSSR count). The Morgan fingerprint density at radius 2 is 1.85 bits per heavy atom. The van der Waals surface area contributed by atoms with E-state index in [2.05, 4.69) is 43.0 Å². The van der Waals surface area contributed by atoms with Crippen LogP contribution in [0.1, 0.15) is 42.9 Å². The highest BCUT2D eigenvalue weighted by atomic mass is 16.5. The van der Waals surface area contributed by atoms with Crippen molar-refractivity contribution in [1.29, 1.82) is 0 Å². The standard InChI is InChI=1S/C24H26O3/c1-18(2)24(25)27-16-8-15-26-23-14-7-12-21-17-20(11-6-13-22(21)23)19-9-4-3-5-10-19/h3-5,7,9-10,12,14,17H,1,6,8,11,13,15-16H2,2H3. The minimum absolute atomic E-state index is 0.345. The van der Waals surface area contributed by atoms with E-state index in [0.29, 0.717) is 25.2 Å². The molecule has 3 heteroatoms. The average molecular weight is 362 g/mol. The lowest BCUT2D eigenvalue weighted by atomic mass is 10.0. The summed E-state index contributed by atoms with van der Waals surface area (Å²) in [6, 6.07) is 16.8. The third-order valence-electron chi connectivity index (χ3n) is 4.64.